The quantitative estimate of drug-likeness (QED) is 0.857. The molecule has 1 amide bonds. The fourth-order valence-electron chi connectivity index (χ4n) is 1.23. The lowest BCUT2D eigenvalue weighted by Crippen LogP contribution is -2.44. The van der Waals surface area contributed by atoms with Crippen molar-refractivity contribution in [2.24, 2.45) is 0 Å². The number of carboxylic acid groups (broad SMARTS) is 1. The molecule has 1 aromatic carbocycles. The summed E-state index contributed by atoms with van der Waals surface area (Å²) in [5.41, 5.74) is 0.266. The Labute approximate surface area is 121 Å². The first kappa shape index (κ1) is 16.5. The van der Waals surface area contributed by atoms with E-state index in [2.05, 4.69) is 5.32 Å². The summed E-state index contributed by atoms with van der Waals surface area (Å²) in [4.78, 5) is 22.6. The molecule has 0 bridgehead atoms. The number of carboxylic acids is 1. The summed E-state index contributed by atoms with van der Waals surface area (Å²) in [6.45, 7) is 2.07. The van der Waals surface area contributed by atoms with Crippen molar-refractivity contribution in [2.45, 2.75) is 18.6 Å². The van der Waals surface area contributed by atoms with E-state index < -0.39 is 32.2 Å². The Morgan fingerprint density at radius 2 is 1.85 bits per heavy atom. The van der Waals surface area contributed by atoms with Gasteiger partial charge in [0.1, 0.15) is 5.75 Å². The molecule has 110 valence electrons. The van der Waals surface area contributed by atoms with Crippen LogP contribution >= 0.6 is 11.6 Å². The van der Waals surface area contributed by atoms with Gasteiger partial charge in [-0.3, -0.25) is 9.59 Å². The Morgan fingerprint density at radius 3 is 2.35 bits per heavy atom. The summed E-state index contributed by atoms with van der Waals surface area (Å²) in [5, 5.41) is 11.5. The Balaban J connectivity index is 2.87. The summed E-state index contributed by atoms with van der Waals surface area (Å²) in [6, 6.07) is 6.32. The predicted octanol–water partition coefficient (Wildman–Crippen LogP) is 1.56. The normalized spacial score (nSPS) is 11.9. The molecule has 0 heterocycles. The van der Waals surface area contributed by atoms with Crippen molar-refractivity contribution in [3.63, 3.8) is 0 Å². The van der Waals surface area contributed by atoms with E-state index in [1.54, 1.807) is 12.1 Å². The van der Waals surface area contributed by atoms with Crippen LogP contribution in [0.15, 0.2) is 24.3 Å². The van der Waals surface area contributed by atoms with Crippen LogP contribution in [0, 0.1) is 0 Å². The zero-order valence-electron chi connectivity index (χ0n) is 10.9. The fraction of sp³-hybridized carbons (Fsp3) is 0.333. The van der Waals surface area contributed by atoms with Gasteiger partial charge in [-0.15, -0.1) is 0 Å². The Bertz CT molecular complexity index is 639. The fourth-order valence-corrected chi connectivity index (χ4v) is 2.46. The molecule has 0 saturated carbocycles. The van der Waals surface area contributed by atoms with Gasteiger partial charge >= 0.3 is 5.97 Å². The van der Waals surface area contributed by atoms with Crippen molar-refractivity contribution in [3.05, 3.63) is 29.3 Å². The molecule has 0 unspecified atom stereocenters. The number of halogens is 1. The van der Waals surface area contributed by atoms with E-state index >= 15 is 0 Å². The second kappa shape index (κ2) is 5.80. The Morgan fingerprint density at radius 1 is 1.30 bits per heavy atom. The molecule has 0 aliphatic rings. The van der Waals surface area contributed by atoms with E-state index in [0.29, 0.717) is 0 Å². The third kappa shape index (κ3) is 3.49. The number of carbonyl (C=O) groups is 2. The third-order valence-electron chi connectivity index (χ3n) is 2.76. The van der Waals surface area contributed by atoms with Crippen molar-refractivity contribution in [2.75, 3.05) is 11.1 Å². The first-order valence-electron chi connectivity index (χ1n) is 5.58. The molecule has 0 fully saturated rings. The van der Waals surface area contributed by atoms with Gasteiger partial charge in [0, 0.05) is 0 Å². The number of rotatable bonds is 5. The zero-order valence-corrected chi connectivity index (χ0v) is 12.5. The average Bonchev–Trinajstić information content (AvgIpc) is 2.31. The van der Waals surface area contributed by atoms with Gasteiger partial charge in [-0.05, 0) is 26.0 Å². The number of carbonyl (C=O) groups excluding carboxylic acids is 1. The van der Waals surface area contributed by atoms with Crippen LogP contribution < -0.4 is 5.32 Å². The molecule has 0 spiro atoms. The zero-order chi connectivity index (χ0) is 15.6. The van der Waals surface area contributed by atoms with E-state index in [9.17, 15) is 18.0 Å². The number of aliphatic carboxylic acids is 1. The van der Waals surface area contributed by atoms with Crippen LogP contribution in [0.3, 0.4) is 0 Å². The van der Waals surface area contributed by atoms with E-state index in [1.165, 1.54) is 12.1 Å². The summed E-state index contributed by atoms with van der Waals surface area (Å²) in [7, 11) is -4.15. The molecule has 2 N–H and O–H groups in total. The maximum atomic E-state index is 11.9. The number of hydrogen-bond donors (Lipinski definition) is 2. The number of benzene rings is 1. The molecule has 0 atom stereocenters. The summed E-state index contributed by atoms with van der Waals surface area (Å²) in [6.07, 6.45) is 0. The number of nitrogens with one attached hydrogen (secondary N) is 1. The number of sulfone groups is 1. The molecule has 20 heavy (non-hydrogen) atoms. The van der Waals surface area contributed by atoms with Crippen LogP contribution in [-0.2, 0) is 19.4 Å². The molecule has 0 aliphatic carbocycles. The van der Waals surface area contributed by atoms with Crippen LogP contribution in [0.5, 0.6) is 0 Å². The number of amides is 1. The molecule has 0 aromatic heterocycles. The number of hydrogen-bond acceptors (Lipinski definition) is 4. The highest BCUT2D eigenvalue weighted by Crippen LogP contribution is 2.22. The summed E-state index contributed by atoms with van der Waals surface area (Å²) in [5.74, 6) is -3.28. The lowest BCUT2D eigenvalue weighted by Gasteiger charge is -2.19. The molecule has 1 aromatic rings. The highest BCUT2D eigenvalue weighted by molar-refractivity contribution is 7.94. The monoisotopic (exact) mass is 319 g/mol. The van der Waals surface area contributed by atoms with Gasteiger partial charge in [-0.25, -0.2) is 8.42 Å². The largest absolute Gasteiger partial charge is 0.480 e. The number of para-hydroxylation sites is 1. The van der Waals surface area contributed by atoms with Crippen LogP contribution in [-0.4, -0.2) is 35.9 Å². The van der Waals surface area contributed by atoms with Crippen molar-refractivity contribution in [1.29, 1.82) is 0 Å². The van der Waals surface area contributed by atoms with Gasteiger partial charge in [0.2, 0.25) is 5.91 Å². The summed E-state index contributed by atoms with van der Waals surface area (Å²) < 4.78 is 21.8. The van der Waals surface area contributed by atoms with E-state index in [-0.39, 0.29) is 10.7 Å². The number of anilines is 1. The lowest BCUT2D eigenvalue weighted by molar-refractivity contribution is -0.139. The molecule has 6 nitrogen and oxygen atoms in total. The van der Waals surface area contributed by atoms with Gasteiger partial charge in [0.25, 0.3) is 0 Å². The molecule has 0 aliphatic heterocycles. The highest BCUT2D eigenvalue weighted by atomic mass is 35.5. The Kier molecular flexibility index (Phi) is 4.77. The van der Waals surface area contributed by atoms with Gasteiger partial charge in [0.15, 0.2) is 14.6 Å². The predicted molar refractivity (Wildman–Crippen MR) is 75.6 cm³/mol. The average molecular weight is 320 g/mol. The minimum Gasteiger partial charge on any atom is -0.480 e. The summed E-state index contributed by atoms with van der Waals surface area (Å²) >= 11 is 5.82. The topological polar surface area (TPSA) is 101 Å². The lowest BCUT2D eigenvalue weighted by atomic mass is 10.2. The van der Waals surface area contributed by atoms with Gasteiger partial charge in [-0.1, -0.05) is 23.7 Å². The van der Waals surface area contributed by atoms with Crippen LogP contribution in [0.1, 0.15) is 13.8 Å². The second-order valence-corrected chi connectivity index (χ2v) is 7.55. The third-order valence-corrected chi connectivity index (χ3v) is 5.46. The van der Waals surface area contributed by atoms with Crippen LogP contribution in [0.4, 0.5) is 5.69 Å². The van der Waals surface area contributed by atoms with E-state index in [1.807, 2.05) is 0 Å². The molecule has 0 saturated heterocycles. The Hall–Kier alpha value is -1.60. The minimum absolute atomic E-state index is 0.260. The standard InChI is InChI=1S/C12H14ClNO5S/c1-12(2,11(16)17)20(18,19)7-10(15)14-9-6-4-3-5-8(9)13/h3-6H,7H2,1-2H3,(H,14,15)(H,16,17). The molecular weight excluding hydrogens is 306 g/mol. The van der Waals surface area contributed by atoms with Crippen molar-refractivity contribution < 1.29 is 23.1 Å². The second-order valence-electron chi connectivity index (χ2n) is 4.60. The maximum Gasteiger partial charge on any atom is 0.324 e. The molecule has 8 heteroatoms. The SMILES string of the molecule is CC(C)(C(=O)O)S(=O)(=O)CC(=O)Nc1ccccc1Cl. The molecule has 0 radical (unpaired) electrons. The van der Waals surface area contributed by atoms with E-state index in [4.69, 9.17) is 16.7 Å². The van der Waals surface area contributed by atoms with Crippen molar-refractivity contribution >= 4 is 39.0 Å². The van der Waals surface area contributed by atoms with Crippen LogP contribution in [0.2, 0.25) is 5.02 Å². The van der Waals surface area contributed by atoms with Gasteiger partial charge < -0.3 is 10.4 Å². The molecular formula is C12H14ClNO5S. The minimum atomic E-state index is -4.15. The van der Waals surface area contributed by atoms with Crippen molar-refractivity contribution in [1.82, 2.24) is 0 Å². The van der Waals surface area contributed by atoms with Gasteiger partial charge in [0.05, 0.1) is 10.7 Å². The van der Waals surface area contributed by atoms with Gasteiger partial charge in [-0.2, -0.15) is 0 Å². The first-order chi connectivity index (χ1) is 9.08. The van der Waals surface area contributed by atoms with Crippen LogP contribution in [0.25, 0.3) is 0 Å². The molecule has 1 rings (SSSR count). The van der Waals surface area contributed by atoms with E-state index in [0.717, 1.165) is 13.8 Å². The van der Waals surface area contributed by atoms with Crippen molar-refractivity contribution in [3.8, 4) is 0 Å². The first-order valence-corrected chi connectivity index (χ1v) is 7.61. The maximum absolute atomic E-state index is 11.9. The highest BCUT2D eigenvalue weighted by Gasteiger charge is 2.42. The smallest absolute Gasteiger partial charge is 0.324 e.